The molecule has 0 saturated heterocycles. The highest BCUT2D eigenvalue weighted by Crippen LogP contribution is 2.36. The zero-order valence-electron chi connectivity index (χ0n) is 10.2. The van der Waals surface area contributed by atoms with Gasteiger partial charge < -0.3 is 15.7 Å². The smallest absolute Gasteiger partial charge is 0.139 e. The Kier molecular flexibility index (Phi) is 2.80. The normalized spacial score (nSPS) is 20.1. The highest BCUT2D eigenvalue weighted by molar-refractivity contribution is 5.63. The minimum Gasteiger partial charge on any atom is -0.506 e. The Labute approximate surface area is 96.9 Å². The lowest BCUT2D eigenvalue weighted by Crippen LogP contribution is -2.41. The van der Waals surface area contributed by atoms with Crippen molar-refractivity contribution in [2.75, 3.05) is 11.9 Å². The summed E-state index contributed by atoms with van der Waals surface area (Å²) in [7, 11) is 0. The van der Waals surface area contributed by atoms with Crippen LogP contribution in [0, 0.1) is 0 Å². The van der Waals surface area contributed by atoms with E-state index >= 15 is 0 Å². The van der Waals surface area contributed by atoms with E-state index in [0.717, 1.165) is 18.7 Å². The molecule has 1 heterocycles. The van der Waals surface area contributed by atoms with E-state index in [1.807, 2.05) is 6.07 Å². The second-order valence-electron chi connectivity index (χ2n) is 5.40. The lowest BCUT2D eigenvalue weighted by Gasteiger charge is -2.33. The fourth-order valence-electron chi connectivity index (χ4n) is 2.21. The molecule has 1 aliphatic rings. The summed E-state index contributed by atoms with van der Waals surface area (Å²) in [6, 6.07) is 6.03. The Morgan fingerprint density at radius 3 is 2.81 bits per heavy atom. The van der Waals surface area contributed by atoms with Gasteiger partial charge in [0.1, 0.15) is 5.75 Å². The molecule has 1 aromatic carbocycles. The van der Waals surface area contributed by atoms with E-state index in [9.17, 15) is 5.11 Å². The van der Waals surface area contributed by atoms with Gasteiger partial charge in [-0.25, -0.2) is 0 Å². The maximum absolute atomic E-state index is 9.78. The summed E-state index contributed by atoms with van der Waals surface area (Å²) >= 11 is 0. The number of hydrogen-bond donors (Lipinski definition) is 3. The zero-order chi connectivity index (χ0) is 11.8. The van der Waals surface area contributed by atoms with Crippen LogP contribution in [0.2, 0.25) is 0 Å². The molecule has 2 rings (SSSR count). The van der Waals surface area contributed by atoms with Crippen molar-refractivity contribution in [3.05, 3.63) is 23.8 Å². The van der Waals surface area contributed by atoms with Gasteiger partial charge in [-0.05, 0) is 38.8 Å². The average molecular weight is 220 g/mol. The molecular formula is C13H20N2O. The zero-order valence-corrected chi connectivity index (χ0v) is 10.2. The first-order valence-electron chi connectivity index (χ1n) is 5.81. The summed E-state index contributed by atoms with van der Waals surface area (Å²) in [5, 5.41) is 16.6. The molecule has 0 aromatic heterocycles. The van der Waals surface area contributed by atoms with E-state index < -0.39 is 0 Å². The van der Waals surface area contributed by atoms with Crippen LogP contribution in [0.25, 0.3) is 0 Å². The minimum atomic E-state index is 0.0880. The van der Waals surface area contributed by atoms with E-state index in [1.165, 1.54) is 5.56 Å². The number of phenolic OH excluding ortho intramolecular Hbond substituents is 1. The standard InChI is InChI=1S/C13H20N2O/c1-13(2,3)15-10-7-8-14-12-9(10)5-4-6-11(12)16/h4-6,10,14-16H,7-8H2,1-3H3. The van der Waals surface area contributed by atoms with Crippen LogP contribution in [0.1, 0.15) is 38.8 Å². The van der Waals surface area contributed by atoms with Gasteiger partial charge in [0.15, 0.2) is 0 Å². The third kappa shape index (κ3) is 2.30. The van der Waals surface area contributed by atoms with Crippen LogP contribution in [-0.2, 0) is 0 Å². The number of nitrogens with one attached hydrogen (secondary N) is 2. The molecule has 16 heavy (non-hydrogen) atoms. The quantitative estimate of drug-likeness (QED) is 0.637. The molecule has 3 N–H and O–H groups in total. The molecule has 0 aliphatic carbocycles. The van der Waals surface area contributed by atoms with Crippen LogP contribution in [0.3, 0.4) is 0 Å². The van der Waals surface area contributed by atoms with Crippen molar-refractivity contribution in [3.63, 3.8) is 0 Å². The predicted octanol–water partition coefficient (Wildman–Crippen LogP) is 2.64. The Bertz CT molecular complexity index is 382. The molecule has 1 aromatic rings. The van der Waals surface area contributed by atoms with Crippen molar-refractivity contribution in [2.45, 2.75) is 38.8 Å². The molecule has 88 valence electrons. The molecule has 0 fully saturated rings. The fraction of sp³-hybridized carbons (Fsp3) is 0.538. The lowest BCUT2D eigenvalue weighted by atomic mass is 9.94. The van der Waals surface area contributed by atoms with Crippen molar-refractivity contribution in [2.24, 2.45) is 0 Å². The highest BCUT2D eigenvalue weighted by Gasteiger charge is 2.25. The largest absolute Gasteiger partial charge is 0.506 e. The monoisotopic (exact) mass is 220 g/mol. The number of hydrogen-bond acceptors (Lipinski definition) is 3. The number of aromatic hydroxyl groups is 1. The van der Waals surface area contributed by atoms with Crippen molar-refractivity contribution < 1.29 is 5.11 Å². The van der Waals surface area contributed by atoms with Gasteiger partial charge in [0, 0.05) is 18.1 Å². The van der Waals surface area contributed by atoms with E-state index in [4.69, 9.17) is 0 Å². The van der Waals surface area contributed by atoms with Crippen LogP contribution in [-0.4, -0.2) is 17.2 Å². The molecule has 3 heteroatoms. The molecule has 0 amide bonds. The number of phenols is 1. The summed E-state index contributed by atoms with van der Waals surface area (Å²) in [5.74, 6) is 0.345. The first-order valence-corrected chi connectivity index (χ1v) is 5.81. The fourth-order valence-corrected chi connectivity index (χ4v) is 2.21. The number of anilines is 1. The van der Waals surface area contributed by atoms with Gasteiger partial charge in [0.25, 0.3) is 0 Å². The molecule has 1 atom stereocenters. The summed E-state index contributed by atoms with van der Waals surface area (Å²) in [5.41, 5.74) is 2.14. The van der Waals surface area contributed by atoms with E-state index in [-0.39, 0.29) is 5.54 Å². The number of fused-ring (bicyclic) bond motifs is 1. The summed E-state index contributed by atoms with van der Waals surface area (Å²) in [6.45, 7) is 7.39. The molecular weight excluding hydrogens is 200 g/mol. The average Bonchev–Trinajstić information content (AvgIpc) is 2.17. The van der Waals surface area contributed by atoms with Crippen molar-refractivity contribution in [1.29, 1.82) is 0 Å². The van der Waals surface area contributed by atoms with Crippen LogP contribution in [0.5, 0.6) is 5.75 Å². The number of benzene rings is 1. The lowest BCUT2D eigenvalue weighted by molar-refractivity contribution is 0.349. The van der Waals surface area contributed by atoms with E-state index in [2.05, 4.69) is 37.5 Å². The number of para-hydroxylation sites is 1. The SMILES string of the molecule is CC(C)(C)NC1CCNc2c(O)cccc21. The second-order valence-corrected chi connectivity index (χ2v) is 5.40. The molecule has 0 spiro atoms. The van der Waals surface area contributed by atoms with Crippen molar-refractivity contribution in [1.82, 2.24) is 5.32 Å². The van der Waals surface area contributed by atoms with Gasteiger partial charge in [-0.15, -0.1) is 0 Å². The van der Waals surface area contributed by atoms with Gasteiger partial charge in [-0.2, -0.15) is 0 Å². The van der Waals surface area contributed by atoms with E-state index in [1.54, 1.807) is 6.07 Å². The first kappa shape index (κ1) is 11.3. The molecule has 0 bridgehead atoms. The van der Waals surface area contributed by atoms with Crippen molar-refractivity contribution in [3.8, 4) is 5.75 Å². The van der Waals surface area contributed by atoms with Crippen LogP contribution in [0.15, 0.2) is 18.2 Å². The summed E-state index contributed by atoms with van der Waals surface area (Å²) in [4.78, 5) is 0. The topological polar surface area (TPSA) is 44.3 Å². The van der Waals surface area contributed by atoms with Crippen LogP contribution in [0.4, 0.5) is 5.69 Å². The Morgan fingerprint density at radius 1 is 1.38 bits per heavy atom. The third-order valence-corrected chi connectivity index (χ3v) is 2.79. The maximum atomic E-state index is 9.78. The Morgan fingerprint density at radius 2 is 2.12 bits per heavy atom. The molecule has 1 unspecified atom stereocenters. The maximum Gasteiger partial charge on any atom is 0.139 e. The molecule has 3 nitrogen and oxygen atoms in total. The van der Waals surface area contributed by atoms with E-state index in [0.29, 0.717) is 11.8 Å². The highest BCUT2D eigenvalue weighted by atomic mass is 16.3. The Balaban J connectivity index is 2.30. The summed E-state index contributed by atoms with van der Waals surface area (Å²) < 4.78 is 0. The molecule has 0 radical (unpaired) electrons. The summed E-state index contributed by atoms with van der Waals surface area (Å²) in [6.07, 6.45) is 1.05. The van der Waals surface area contributed by atoms with Gasteiger partial charge >= 0.3 is 0 Å². The predicted molar refractivity (Wildman–Crippen MR) is 66.8 cm³/mol. The third-order valence-electron chi connectivity index (χ3n) is 2.79. The molecule has 0 saturated carbocycles. The van der Waals surface area contributed by atoms with Gasteiger partial charge in [-0.3, -0.25) is 0 Å². The molecule has 1 aliphatic heterocycles. The van der Waals surface area contributed by atoms with Gasteiger partial charge in [0.05, 0.1) is 5.69 Å². The second kappa shape index (κ2) is 3.98. The van der Waals surface area contributed by atoms with Crippen LogP contribution < -0.4 is 10.6 Å². The number of rotatable bonds is 1. The van der Waals surface area contributed by atoms with Gasteiger partial charge in [-0.1, -0.05) is 12.1 Å². The van der Waals surface area contributed by atoms with Crippen LogP contribution >= 0.6 is 0 Å². The Hall–Kier alpha value is -1.22. The minimum absolute atomic E-state index is 0.0880. The first-order chi connectivity index (χ1) is 7.47. The van der Waals surface area contributed by atoms with Crippen molar-refractivity contribution >= 4 is 5.69 Å². The van der Waals surface area contributed by atoms with Gasteiger partial charge in [0.2, 0.25) is 0 Å².